The molecule has 0 aliphatic rings. The molecule has 2 rings (SSSR count). The minimum atomic E-state index is 0.184. The second-order valence-electron chi connectivity index (χ2n) is 3.22. The van der Waals surface area contributed by atoms with Crippen LogP contribution in [0.5, 0.6) is 5.75 Å². The molecule has 0 unspecified atom stereocenters. The predicted molar refractivity (Wildman–Crippen MR) is 52.8 cm³/mol. The monoisotopic (exact) mass is 189 g/mol. The van der Waals surface area contributed by atoms with E-state index in [1.165, 1.54) is 0 Å². The molecule has 14 heavy (non-hydrogen) atoms. The van der Waals surface area contributed by atoms with Gasteiger partial charge in [-0.25, -0.2) is 4.98 Å². The summed E-state index contributed by atoms with van der Waals surface area (Å²) in [6, 6.07) is 3.42. The van der Waals surface area contributed by atoms with Crippen LogP contribution in [0.25, 0.3) is 11.3 Å². The van der Waals surface area contributed by atoms with Crippen LogP contribution in [0.1, 0.15) is 5.69 Å². The third-order valence-electron chi connectivity index (χ3n) is 1.99. The van der Waals surface area contributed by atoms with Crippen LogP contribution in [0.4, 0.5) is 0 Å². The Bertz CT molecular complexity index is 462. The molecule has 0 saturated carbocycles. The van der Waals surface area contributed by atoms with E-state index in [1.54, 1.807) is 23.0 Å². The van der Waals surface area contributed by atoms with Gasteiger partial charge in [-0.1, -0.05) is 0 Å². The number of hydrogen-bond donors (Lipinski definition) is 1. The Hall–Kier alpha value is -1.84. The van der Waals surface area contributed by atoms with Crippen molar-refractivity contribution in [2.24, 2.45) is 7.05 Å². The van der Waals surface area contributed by atoms with E-state index < -0.39 is 0 Å². The number of nitrogens with zero attached hydrogens (tertiary/aromatic N) is 3. The smallest absolute Gasteiger partial charge is 0.141 e. The van der Waals surface area contributed by atoms with Gasteiger partial charge in [-0.3, -0.25) is 4.68 Å². The van der Waals surface area contributed by atoms with E-state index in [2.05, 4.69) is 10.1 Å². The van der Waals surface area contributed by atoms with Crippen molar-refractivity contribution in [3.05, 3.63) is 30.2 Å². The lowest BCUT2D eigenvalue weighted by atomic mass is 10.2. The van der Waals surface area contributed by atoms with Gasteiger partial charge in [0.1, 0.15) is 11.4 Å². The lowest BCUT2D eigenvalue weighted by Gasteiger charge is -2.01. The van der Waals surface area contributed by atoms with Crippen LogP contribution in [0.2, 0.25) is 0 Å². The van der Waals surface area contributed by atoms with E-state index in [9.17, 15) is 5.11 Å². The highest BCUT2D eigenvalue weighted by Crippen LogP contribution is 2.26. The van der Waals surface area contributed by atoms with Crippen molar-refractivity contribution in [2.45, 2.75) is 6.92 Å². The number of hydrogen-bond acceptors (Lipinski definition) is 3. The normalized spacial score (nSPS) is 10.4. The Labute approximate surface area is 81.8 Å². The zero-order valence-electron chi connectivity index (χ0n) is 8.10. The lowest BCUT2D eigenvalue weighted by Crippen LogP contribution is -1.87. The quantitative estimate of drug-likeness (QED) is 0.739. The van der Waals surface area contributed by atoms with Crippen molar-refractivity contribution < 1.29 is 5.11 Å². The van der Waals surface area contributed by atoms with Crippen molar-refractivity contribution in [1.82, 2.24) is 14.8 Å². The Morgan fingerprint density at radius 3 is 2.79 bits per heavy atom. The van der Waals surface area contributed by atoms with Crippen LogP contribution in [0, 0.1) is 6.92 Å². The average molecular weight is 189 g/mol. The number of aryl methyl sites for hydroxylation is 2. The third kappa shape index (κ3) is 1.46. The van der Waals surface area contributed by atoms with Gasteiger partial charge >= 0.3 is 0 Å². The van der Waals surface area contributed by atoms with Crippen LogP contribution in [0.15, 0.2) is 24.5 Å². The van der Waals surface area contributed by atoms with E-state index >= 15 is 0 Å². The molecule has 0 aliphatic carbocycles. The molecule has 4 nitrogen and oxygen atoms in total. The molecule has 0 aliphatic heterocycles. The topological polar surface area (TPSA) is 50.9 Å². The SMILES string of the molecule is Cc1ccc(O)c(-c2cnn(C)c2)n1. The second kappa shape index (κ2) is 3.14. The standard InChI is InChI=1S/C10H11N3O/c1-7-3-4-9(14)10(12-7)8-5-11-13(2)6-8/h3-6,14H,1-2H3. The summed E-state index contributed by atoms with van der Waals surface area (Å²) in [6.07, 6.45) is 3.50. The van der Waals surface area contributed by atoms with E-state index in [4.69, 9.17) is 0 Å². The zero-order valence-corrected chi connectivity index (χ0v) is 8.10. The van der Waals surface area contributed by atoms with Crippen molar-refractivity contribution in [2.75, 3.05) is 0 Å². The highest BCUT2D eigenvalue weighted by molar-refractivity contribution is 5.64. The summed E-state index contributed by atoms with van der Waals surface area (Å²) in [5, 5.41) is 13.6. The molecule has 0 fully saturated rings. The van der Waals surface area contributed by atoms with Crippen LogP contribution in [-0.4, -0.2) is 19.9 Å². The van der Waals surface area contributed by atoms with Gasteiger partial charge in [0.15, 0.2) is 0 Å². The van der Waals surface area contributed by atoms with Gasteiger partial charge in [0.05, 0.1) is 6.20 Å². The first-order valence-electron chi connectivity index (χ1n) is 4.32. The van der Waals surface area contributed by atoms with Gasteiger partial charge in [-0.2, -0.15) is 5.10 Å². The number of pyridine rings is 1. The molecule has 72 valence electrons. The lowest BCUT2D eigenvalue weighted by molar-refractivity contribution is 0.474. The molecule has 0 spiro atoms. The molecule has 0 amide bonds. The molecule has 1 N–H and O–H groups in total. The van der Waals surface area contributed by atoms with E-state index in [1.807, 2.05) is 20.2 Å². The largest absolute Gasteiger partial charge is 0.506 e. The molecule has 2 aromatic rings. The van der Waals surface area contributed by atoms with Gasteiger partial charge in [-0.15, -0.1) is 0 Å². The molecule has 2 heterocycles. The summed E-state index contributed by atoms with van der Waals surface area (Å²) >= 11 is 0. The zero-order chi connectivity index (χ0) is 10.1. The van der Waals surface area contributed by atoms with Crippen LogP contribution in [-0.2, 0) is 7.05 Å². The van der Waals surface area contributed by atoms with Gasteiger partial charge in [0.25, 0.3) is 0 Å². The molecule has 0 saturated heterocycles. The minimum Gasteiger partial charge on any atom is -0.506 e. The Morgan fingerprint density at radius 2 is 2.14 bits per heavy atom. The Balaban J connectivity index is 2.55. The van der Waals surface area contributed by atoms with E-state index in [-0.39, 0.29) is 5.75 Å². The van der Waals surface area contributed by atoms with Crippen molar-refractivity contribution in [3.63, 3.8) is 0 Å². The molecule has 0 bridgehead atoms. The number of aromatic nitrogens is 3. The van der Waals surface area contributed by atoms with Crippen LogP contribution >= 0.6 is 0 Å². The highest BCUT2D eigenvalue weighted by atomic mass is 16.3. The molecule has 4 heteroatoms. The maximum atomic E-state index is 9.60. The molecule has 2 aromatic heterocycles. The first kappa shape index (κ1) is 8.74. The van der Waals surface area contributed by atoms with E-state index in [0.29, 0.717) is 5.69 Å². The highest BCUT2D eigenvalue weighted by Gasteiger charge is 2.07. The second-order valence-corrected chi connectivity index (χ2v) is 3.22. The average Bonchev–Trinajstić information content (AvgIpc) is 2.56. The summed E-state index contributed by atoms with van der Waals surface area (Å²) in [5.74, 6) is 0.184. The fraction of sp³-hybridized carbons (Fsp3) is 0.200. The Kier molecular flexibility index (Phi) is 1.96. The molecule has 0 aromatic carbocycles. The minimum absolute atomic E-state index is 0.184. The maximum absolute atomic E-state index is 9.60. The summed E-state index contributed by atoms with van der Waals surface area (Å²) in [6.45, 7) is 1.89. The van der Waals surface area contributed by atoms with Gasteiger partial charge in [-0.05, 0) is 19.1 Å². The summed E-state index contributed by atoms with van der Waals surface area (Å²) in [4.78, 5) is 4.25. The van der Waals surface area contributed by atoms with Gasteiger partial charge < -0.3 is 5.11 Å². The number of aromatic hydroxyl groups is 1. The van der Waals surface area contributed by atoms with Crippen molar-refractivity contribution in [3.8, 4) is 17.0 Å². The first-order chi connectivity index (χ1) is 6.66. The fourth-order valence-corrected chi connectivity index (χ4v) is 1.31. The summed E-state index contributed by atoms with van der Waals surface area (Å²) in [5.41, 5.74) is 2.29. The summed E-state index contributed by atoms with van der Waals surface area (Å²) in [7, 11) is 1.83. The summed E-state index contributed by atoms with van der Waals surface area (Å²) < 4.78 is 1.68. The van der Waals surface area contributed by atoms with Crippen molar-refractivity contribution >= 4 is 0 Å². The maximum Gasteiger partial charge on any atom is 0.141 e. The Morgan fingerprint density at radius 1 is 1.36 bits per heavy atom. The predicted octanol–water partition coefficient (Wildman–Crippen LogP) is 1.50. The number of rotatable bonds is 1. The molecule has 0 radical (unpaired) electrons. The van der Waals surface area contributed by atoms with Crippen molar-refractivity contribution in [1.29, 1.82) is 0 Å². The van der Waals surface area contributed by atoms with Gasteiger partial charge in [0, 0.05) is 24.5 Å². The fourth-order valence-electron chi connectivity index (χ4n) is 1.31. The first-order valence-corrected chi connectivity index (χ1v) is 4.32. The molecular weight excluding hydrogens is 178 g/mol. The van der Waals surface area contributed by atoms with Gasteiger partial charge in [0.2, 0.25) is 0 Å². The molecular formula is C10H11N3O. The van der Waals surface area contributed by atoms with Crippen LogP contribution < -0.4 is 0 Å². The molecule has 0 atom stereocenters. The third-order valence-corrected chi connectivity index (χ3v) is 1.99. The van der Waals surface area contributed by atoms with E-state index in [0.717, 1.165) is 11.3 Å². The van der Waals surface area contributed by atoms with Crippen LogP contribution in [0.3, 0.4) is 0 Å².